The smallest absolute Gasteiger partial charge is 0.416 e. The molecule has 0 atom stereocenters. The van der Waals surface area contributed by atoms with E-state index in [-0.39, 0.29) is 6.07 Å². The van der Waals surface area contributed by atoms with Crippen LogP contribution < -0.4 is 5.32 Å². The number of furan rings is 1. The first-order valence-corrected chi connectivity index (χ1v) is 7.43. The quantitative estimate of drug-likeness (QED) is 0.450. The number of hydrogen-bond donors (Lipinski definition) is 1. The summed E-state index contributed by atoms with van der Waals surface area (Å²) in [7, 11) is 0. The van der Waals surface area contributed by atoms with Gasteiger partial charge in [-0.25, -0.2) is 4.79 Å². The Morgan fingerprint density at radius 1 is 1.04 bits per heavy atom. The van der Waals surface area contributed by atoms with E-state index in [1.165, 1.54) is 18.4 Å². The van der Waals surface area contributed by atoms with Gasteiger partial charge in [-0.15, -0.1) is 0 Å². The molecule has 150 valence electrons. The summed E-state index contributed by atoms with van der Waals surface area (Å²) in [5.74, 6) is -1.76. The zero-order valence-electron chi connectivity index (χ0n) is 13.7. The molecule has 2 aromatic rings. The number of amides is 1. The van der Waals surface area contributed by atoms with Gasteiger partial charge in [0.05, 0.1) is 17.4 Å². The lowest BCUT2D eigenvalue weighted by molar-refractivity contribution is -0.143. The Labute approximate surface area is 153 Å². The molecule has 11 heteroatoms. The zero-order valence-corrected chi connectivity index (χ0v) is 13.7. The molecule has 0 spiro atoms. The number of rotatable bonds is 5. The minimum atomic E-state index is -5.05. The van der Waals surface area contributed by atoms with Gasteiger partial charge in [-0.1, -0.05) is 0 Å². The van der Waals surface area contributed by atoms with Gasteiger partial charge < -0.3 is 14.5 Å². The van der Waals surface area contributed by atoms with Gasteiger partial charge in [0.15, 0.2) is 6.61 Å². The maximum atomic E-state index is 12.8. The maximum absolute atomic E-state index is 12.8. The van der Waals surface area contributed by atoms with Crippen molar-refractivity contribution in [2.45, 2.75) is 12.4 Å². The van der Waals surface area contributed by atoms with Crippen molar-refractivity contribution in [2.75, 3.05) is 11.9 Å². The molecule has 1 amide bonds. The lowest BCUT2D eigenvalue weighted by Crippen LogP contribution is -2.21. The summed E-state index contributed by atoms with van der Waals surface area (Å²) < 4.78 is 86.0. The second-order valence-electron chi connectivity index (χ2n) is 5.30. The number of carbonyl (C=O) groups is 2. The van der Waals surface area contributed by atoms with Crippen LogP contribution in [-0.2, 0) is 26.7 Å². The van der Waals surface area contributed by atoms with Crippen LogP contribution in [0.3, 0.4) is 0 Å². The van der Waals surface area contributed by atoms with Crippen molar-refractivity contribution in [2.24, 2.45) is 0 Å². The second-order valence-corrected chi connectivity index (χ2v) is 5.30. The Balaban J connectivity index is 2.03. The highest BCUT2D eigenvalue weighted by molar-refractivity contribution is 5.94. The number of alkyl halides is 6. The fraction of sp³-hybridized carbons (Fsp3) is 0.176. The highest BCUT2D eigenvalue weighted by Gasteiger charge is 2.37. The van der Waals surface area contributed by atoms with E-state index in [4.69, 9.17) is 4.42 Å². The SMILES string of the molecule is O=C(COC(=O)/C=C/c1ccco1)Nc1cc(C(F)(F)F)cc(C(F)(F)F)c1. The molecular formula is C17H11F6NO4. The summed E-state index contributed by atoms with van der Waals surface area (Å²) in [5.41, 5.74) is -3.92. The van der Waals surface area contributed by atoms with Crippen molar-refractivity contribution in [3.63, 3.8) is 0 Å². The van der Waals surface area contributed by atoms with Gasteiger partial charge in [-0.3, -0.25) is 4.79 Å². The van der Waals surface area contributed by atoms with E-state index in [1.54, 1.807) is 6.07 Å². The molecule has 0 bridgehead atoms. The molecule has 2 rings (SSSR count). The van der Waals surface area contributed by atoms with E-state index >= 15 is 0 Å². The second kappa shape index (κ2) is 8.19. The van der Waals surface area contributed by atoms with Crippen molar-refractivity contribution in [3.05, 3.63) is 59.6 Å². The van der Waals surface area contributed by atoms with Crippen molar-refractivity contribution in [1.29, 1.82) is 0 Å². The molecule has 1 aromatic carbocycles. The van der Waals surface area contributed by atoms with Crippen LogP contribution in [0.15, 0.2) is 47.1 Å². The molecule has 5 nitrogen and oxygen atoms in total. The standard InChI is InChI=1S/C17H11F6NO4/c18-16(19,20)10-6-11(17(21,22)23)8-12(7-10)24-14(25)9-28-15(26)4-3-13-2-1-5-27-13/h1-8H,9H2,(H,24,25)/b4-3+. The average Bonchev–Trinajstić information content (AvgIpc) is 3.10. The summed E-state index contributed by atoms with van der Waals surface area (Å²) in [4.78, 5) is 23.1. The van der Waals surface area contributed by atoms with Crippen molar-refractivity contribution in [3.8, 4) is 0 Å². The fourth-order valence-electron chi connectivity index (χ4n) is 1.95. The lowest BCUT2D eigenvalue weighted by atomic mass is 10.1. The molecule has 0 aliphatic rings. The molecule has 0 aliphatic carbocycles. The summed E-state index contributed by atoms with van der Waals surface area (Å²) in [6.45, 7) is -0.918. The first-order valence-electron chi connectivity index (χ1n) is 7.43. The predicted octanol–water partition coefficient (Wildman–Crippen LogP) is 4.51. The highest BCUT2D eigenvalue weighted by atomic mass is 19.4. The van der Waals surface area contributed by atoms with Gasteiger partial charge in [0.2, 0.25) is 0 Å². The monoisotopic (exact) mass is 407 g/mol. The Bertz CT molecular complexity index is 837. The number of anilines is 1. The summed E-state index contributed by atoms with van der Waals surface area (Å²) in [5, 5.41) is 1.83. The number of ether oxygens (including phenoxy) is 1. The molecule has 0 saturated heterocycles. The molecule has 0 aliphatic heterocycles. The van der Waals surface area contributed by atoms with Gasteiger partial charge in [-0.2, -0.15) is 26.3 Å². The van der Waals surface area contributed by atoms with Crippen LogP contribution in [0.25, 0.3) is 6.08 Å². The Morgan fingerprint density at radius 2 is 1.64 bits per heavy atom. The first-order chi connectivity index (χ1) is 12.9. The van der Waals surface area contributed by atoms with Gasteiger partial charge in [0, 0.05) is 11.8 Å². The third-order valence-electron chi connectivity index (χ3n) is 3.14. The van der Waals surface area contributed by atoms with Crippen LogP contribution in [0.1, 0.15) is 16.9 Å². The molecule has 0 radical (unpaired) electrons. The molecule has 1 heterocycles. The Morgan fingerprint density at radius 3 is 2.14 bits per heavy atom. The largest absolute Gasteiger partial charge is 0.465 e. The zero-order chi connectivity index (χ0) is 20.9. The van der Waals surface area contributed by atoms with E-state index < -0.39 is 47.7 Å². The molecule has 28 heavy (non-hydrogen) atoms. The van der Waals surface area contributed by atoms with Crippen molar-refractivity contribution in [1.82, 2.24) is 0 Å². The number of carbonyl (C=O) groups excluding carboxylic acids is 2. The topological polar surface area (TPSA) is 68.5 Å². The summed E-state index contributed by atoms with van der Waals surface area (Å²) in [6.07, 6.45) is -6.59. The minimum Gasteiger partial charge on any atom is -0.465 e. The third kappa shape index (κ3) is 6.18. The van der Waals surface area contributed by atoms with Gasteiger partial charge in [-0.05, 0) is 36.4 Å². The Hall–Kier alpha value is -3.24. The third-order valence-corrected chi connectivity index (χ3v) is 3.14. The van der Waals surface area contributed by atoms with Crippen LogP contribution in [0.5, 0.6) is 0 Å². The molecule has 1 N–H and O–H groups in total. The van der Waals surface area contributed by atoms with Crippen LogP contribution in [-0.4, -0.2) is 18.5 Å². The number of esters is 1. The average molecular weight is 407 g/mol. The van der Waals surface area contributed by atoms with Crippen molar-refractivity contribution >= 4 is 23.6 Å². The van der Waals surface area contributed by atoms with Crippen LogP contribution in [0.2, 0.25) is 0 Å². The first kappa shape index (κ1) is 21.1. The van der Waals surface area contributed by atoms with Gasteiger partial charge in [0.25, 0.3) is 5.91 Å². The van der Waals surface area contributed by atoms with E-state index in [0.29, 0.717) is 17.9 Å². The summed E-state index contributed by atoms with van der Waals surface area (Å²) in [6, 6.07) is 3.69. The molecular weight excluding hydrogens is 396 g/mol. The minimum absolute atomic E-state index is 0.0743. The van der Waals surface area contributed by atoms with E-state index in [2.05, 4.69) is 4.74 Å². The maximum Gasteiger partial charge on any atom is 0.416 e. The van der Waals surface area contributed by atoms with Crippen LogP contribution in [0, 0.1) is 0 Å². The van der Waals surface area contributed by atoms with Gasteiger partial charge >= 0.3 is 18.3 Å². The van der Waals surface area contributed by atoms with E-state index in [0.717, 1.165) is 6.08 Å². The number of hydrogen-bond acceptors (Lipinski definition) is 4. The van der Waals surface area contributed by atoms with Crippen molar-refractivity contribution < 1.29 is 45.1 Å². The van der Waals surface area contributed by atoms with Crippen LogP contribution >= 0.6 is 0 Å². The Kier molecular flexibility index (Phi) is 6.16. The predicted molar refractivity (Wildman–Crippen MR) is 83.8 cm³/mol. The molecule has 1 aromatic heterocycles. The number of nitrogens with one attached hydrogen (secondary N) is 1. The lowest BCUT2D eigenvalue weighted by Gasteiger charge is -2.14. The molecule has 0 saturated carbocycles. The van der Waals surface area contributed by atoms with Gasteiger partial charge in [0.1, 0.15) is 5.76 Å². The van der Waals surface area contributed by atoms with Crippen LogP contribution in [0.4, 0.5) is 32.0 Å². The number of halogens is 6. The van der Waals surface area contributed by atoms with E-state index in [9.17, 15) is 35.9 Å². The molecule has 0 unspecified atom stereocenters. The van der Waals surface area contributed by atoms with E-state index in [1.807, 2.05) is 5.32 Å². The summed E-state index contributed by atoms with van der Waals surface area (Å²) >= 11 is 0. The molecule has 0 fully saturated rings. The fourth-order valence-corrected chi connectivity index (χ4v) is 1.95. The normalized spacial score (nSPS) is 12.2. The highest BCUT2D eigenvalue weighted by Crippen LogP contribution is 2.37. The number of benzene rings is 1.